The fourth-order valence-electron chi connectivity index (χ4n) is 4.09. The first kappa shape index (κ1) is 28.4. The monoisotopic (exact) mass is 501 g/mol. The number of carbonyl (C=O) groups excluding carboxylic acids is 2. The van der Waals surface area contributed by atoms with Crippen LogP contribution < -0.4 is 9.62 Å². The van der Waals surface area contributed by atoms with E-state index in [1.165, 1.54) is 10.6 Å². The van der Waals surface area contributed by atoms with E-state index in [1.807, 2.05) is 77.1 Å². The van der Waals surface area contributed by atoms with E-state index in [-0.39, 0.29) is 30.8 Å². The van der Waals surface area contributed by atoms with Crippen LogP contribution in [0.25, 0.3) is 0 Å². The predicted octanol–water partition coefficient (Wildman–Crippen LogP) is 4.10. The molecule has 2 rings (SSSR count). The average Bonchev–Trinajstić information content (AvgIpc) is 2.72. The quantitative estimate of drug-likeness (QED) is 0.502. The number of benzene rings is 2. The summed E-state index contributed by atoms with van der Waals surface area (Å²) in [5.41, 5.74) is 4.55. The van der Waals surface area contributed by atoms with Crippen molar-refractivity contribution in [1.29, 1.82) is 0 Å². The van der Waals surface area contributed by atoms with Gasteiger partial charge in [-0.05, 0) is 76.8 Å². The molecule has 0 saturated carbocycles. The van der Waals surface area contributed by atoms with Crippen LogP contribution in [-0.4, -0.2) is 50.0 Å². The lowest BCUT2D eigenvalue weighted by Crippen LogP contribution is -2.49. The Balaban J connectivity index is 2.20. The van der Waals surface area contributed by atoms with E-state index < -0.39 is 16.1 Å². The van der Waals surface area contributed by atoms with Gasteiger partial charge < -0.3 is 10.2 Å². The fourth-order valence-corrected chi connectivity index (χ4v) is 5.04. The highest BCUT2D eigenvalue weighted by atomic mass is 32.2. The summed E-state index contributed by atoms with van der Waals surface area (Å²) in [6.07, 6.45) is 1.64. The van der Waals surface area contributed by atoms with Crippen LogP contribution in [0.5, 0.6) is 0 Å². The molecule has 0 aliphatic heterocycles. The number of anilines is 1. The van der Waals surface area contributed by atoms with Crippen LogP contribution in [0, 0.1) is 20.8 Å². The Kier molecular flexibility index (Phi) is 9.89. The van der Waals surface area contributed by atoms with Crippen molar-refractivity contribution < 1.29 is 18.0 Å². The molecule has 2 amide bonds. The Bertz CT molecular complexity index is 1120. The highest BCUT2D eigenvalue weighted by Gasteiger charge is 2.27. The summed E-state index contributed by atoms with van der Waals surface area (Å²) in [5, 5.41) is 2.88. The number of aryl methyl sites for hydroxylation is 3. The highest BCUT2D eigenvalue weighted by Crippen LogP contribution is 2.22. The number of hydrogen-bond acceptors (Lipinski definition) is 4. The Hall–Kier alpha value is -2.87. The van der Waals surface area contributed by atoms with Crippen molar-refractivity contribution in [2.75, 3.05) is 17.1 Å². The molecule has 1 atom stereocenters. The van der Waals surface area contributed by atoms with Gasteiger partial charge in [-0.1, -0.05) is 35.9 Å². The smallest absolute Gasteiger partial charge is 0.242 e. The number of amides is 2. The summed E-state index contributed by atoms with van der Waals surface area (Å²) in [7, 11) is -3.52. The van der Waals surface area contributed by atoms with E-state index in [0.29, 0.717) is 18.7 Å². The van der Waals surface area contributed by atoms with Crippen molar-refractivity contribution in [2.45, 2.75) is 73.0 Å². The van der Waals surface area contributed by atoms with E-state index in [9.17, 15) is 18.0 Å². The molecule has 0 heterocycles. The van der Waals surface area contributed by atoms with Gasteiger partial charge in [0.1, 0.15) is 6.04 Å². The summed E-state index contributed by atoms with van der Waals surface area (Å²) in [4.78, 5) is 27.6. The highest BCUT2D eigenvalue weighted by molar-refractivity contribution is 7.92. The lowest BCUT2D eigenvalue weighted by Gasteiger charge is -2.30. The molecular formula is C27H39N3O4S. The summed E-state index contributed by atoms with van der Waals surface area (Å²) < 4.78 is 26.4. The van der Waals surface area contributed by atoms with E-state index in [0.717, 1.165) is 22.3 Å². The third kappa shape index (κ3) is 8.69. The second-order valence-corrected chi connectivity index (χ2v) is 11.5. The van der Waals surface area contributed by atoms with E-state index in [1.54, 1.807) is 11.8 Å². The van der Waals surface area contributed by atoms with E-state index in [2.05, 4.69) is 5.32 Å². The number of sulfonamides is 1. The number of carbonyl (C=O) groups is 2. The number of hydrogen-bond donors (Lipinski definition) is 1. The molecule has 0 saturated heterocycles. The Morgan fingerprint density at radius 2 is 1.57 bits per heavy atom. The Morgan fingerprint density at radius 1 is 0.943 bits per heavy atom. The largest absolute Gasteiger partial charge is 0.352 e. The SMILES string of the molecule is Cc1cccc(CN(C(=O)CCCN(c2cc(C)cc(C)c2)S(C)(=O)=O)C(C)C(=O)NC(C)C)c1. The normalized spacial score (nSPS) is 12.3. The molecule has 0 spiro atoms. The molecule has 0 bridgehead atoms. The van der Waals surface area contributed by atoms with Crippen LogP contribution in [0.15, 0.2) is 42.5 Å². The van der Waals surface area contributed by atoms with Crippen molar-refractivity contribution >= 4 is 27.5 Å². The van der Waals surface area contributed by atoms with Crippen LogP contribution in [-0.2, 0) is 26.2 Å². The topological polar surface area (TPSA) is 86.8 Å². The van der Waals surface area contributed by atoms with Crippen LogP contribution in [0.4, 0.5) is 5.69 Å². The molecule has 35 heavy (non-hydrogen) atoms. The van der Waals surface area contributed by atoms with Gasteiger partial charge >= 0.3 is 0 Å². The third-order valence-corrected chi connectivity index (χ3v) is 6.87. The molecule has 2 aromatic rings. The summed E-state index contributed by atoms with van der Waals surface area (Å²) in [5.74, 6) is -0.402. The zero-order valence-electron chi connectivity index (χ0n) is 22.0. The molecule has 0 aliphatic carbocycles. The van der Waals surface area contributed by atoms with Crippen molar-refractivity contribution in [3.63, 3.8) is 0 Å². The Labute approximate surface area is 210 Å². The number of nitrogens with one attached hydrogen (secondary N) is 1. The molecule has 0 aliphatic rings. The minimum atomic E-state index is -3.52. The minimum Gasteiger partial charge on any atom is -0.352 e. The summed E-state index contributed by atoms with van der Waals surface area (Å²) in [6, 6.07) is 12.8. The van der Waals surface area contributed by atoms with Gasteiger partial charge in [-0.25, -0.2) is 8.42 Å². The van der Waals surface area contributed by atoms with Crippen LogP contribution in [0.2, 0.25) is 0 Å². The van der Waals surface area contributed by atoms with Gasteiger partial charge in [0.15, 0.2) is 0 Å². The van der Waals surface area contributed by atoms with Crippen molar-refractivity contribution in [1.82, 2.24) is 10.2 Å². The zero-order chi connectivity index (χ0) is 26.3. The second kappa shape index (κ2) is 12.2. The van der Waals surface area contributed by atoms with Crippen LogP contribution in [0.1, 0.15) is 55.9 Å². The number of nitrogens with zero attached hydrogens (tertiary/aromatic N) is 2. The van der Waals surface area contributed by atoms with Gasteiger partial charge in [-0.3, -0.25) is 13.9 Å². The van der Waals surface area contributed by atoms with Crippen molar-refractivity contribution in [3.05, 3.63) is 64.7 Å². The van der Waals surface area contributed by atoms with Gasteiger partial charge in [0.05, 0.1) is 11.9 Å². The van der Waals surface area contributed by atoms with Crippen molar-refractivity contribution in [3.8, 4) is 0 Å². The molecule has 7 nitrogen and oxygen atoms in total. The van der Waals surface area contributed by atoms with Gasteiger partial charge in [0, 0.05) is 25.6 Å². The molecule has 1 unspecified atom stereocenters. The van der Waals surface area contributed by atoms with E-state index >= 15 is 0 Å². The zero-order valence-corrected chi connectivity index (χ0v) is 22.8. The molecule has 1 N–H and O–H groups in total. The first-order chi connectivity index (χ1) is 16.3. The Morgan fingerprint density at radius 3 is 2.11 bits per heavy atom. The lowest BCUT2D eigenvalue weighted by atomic mass is 10.1. The first-order valence-electron chi connectivity index (χ1n) is 12.0. The van der Waals surface area contributed by atoms with Crippen LogP contribution in [0.3, 0.4) is 0 Å². The average molecular weight is 502 g/mol. The predicted molar refractivity (Wildman–Crippen MR) is 142 cm³/mol. The summed E-state index contributed by atoms with van der Waals surface area (Å²) >= 11 is 0. The first-order valence-corrected chi connectivity index (χ1v) is 13.8. The van der Waals surface area contributed by atoms with E-state index in [4.69, 9.17) is 0 Å². The standard InChI is InChI=1S/C27H39N3O4S/c1-19(2)28-27(32)23(6)29(18-24-11-8-10-20(3)15-24)26(31)12-9-13-30(35(7,33)34)25-16-21(4)14-22(5)17-25/h8,10-11,14-17,19,23H,9,12-13,18H2,1-7H3,(H,28,32). The lowest BCUT2D eigenvalue weighted by molar-refractivity contribution is -0.140. The molecular weight excluding hydrogens is 462 g/mol. The maximum absolute atomic E-state index is 13.3. The molecule has 2 aromatic carbocycles. The maximum Gasteiger partial charge on any atom is 0.242 e. The van der Waals surface area contributed by atoms with Gasteiger partial charge in [-0.15, -0.1) is 0 Å². The van der Waals surface area contributed by atoms with Crippen molar-refractivity contribution in [2.24, 2.45) is 0 Å². The maximum atomic E-state index is 13.3. The minimum absolute atomic E-state index is 0.0398. The van der Waals surface area contributed by atoms with Gasteiger partial charge in [-0.2, -0.15) is 0 Å². The van der Waals surface area contributed by atoms with Crippen LogP contribution >= 0.6 is 0 Å². The molecule has 0 fully saturated rings. The molecule has 0 radical (unpaired) electrons. The molecule has 0 aromatic heterocycles. The van der Waals surface area contributed by atoms with Gasteiger partial charge in [0.2, 0.25) is 21.8 Å². The fraction of sp³-hybridized carbons (Fsp3) is 0.481. The number of rotatable bonds is 11. The third-order valence-electron chi connectivity index (χ3n) is 5.68. The second-order valence-electron chi connectivity index (χ2n) is 9.63. The molecule has 8 heteroatoms. The molecule has 192 valence electrons. The summed E-state index contributed by atoms with van der Waals surface area (Å²) in [6.45, 7) is 11.8. The van der Waals surface area contributed by atoms with Gasteiger partial charge in [0.25, 0.3) is 0 Å².